The summed E-state index contributed by atoms with van der Waals surface area (Å²) in [4.78, 5) is 0.782. The zero-order valence-electron chi connectivity index (χ0n) is 9.30. The summed E-state index contributed by atoms with van der Waals surface area (Å²) in [5.74, 6) is 0.0739. The molecule has 2 N–H and O–H groups in total. The molecule has 0 aliphatic rings. The summed E-state index contributed by atoms with van der Waals surface area (Å²) in [6.07, 6.45) is 1.86. The summed E-state index contributed by atoms with van der Waals surface area (Å²) >= 11 is 4.88. The lowest BCUT2D eigenvalue weighted by Crippen LogP contribution is -2.20. The van der Waals surface area contributed by atoms with E-state index in [2.05, 4.69) is 0 Å². The molecule has 1 rings (SSSR count). The fourth-order valence-corrected chi connectivity index (χ4v) is 2.13. The highest BCUT2D eigenvalue weighted by atomic mass is 32.2. The van der Waals surface area contributed by atoms with Crippen molar-refractivity contribution in [1.82, 2.24) is 0 Å². The van der Waals surface area contributed by atoms with Crippen molar-refractivity contribution >= 4 is 27.0 Å². The number of thiocarbonyl (C=S) groups is 1. The van der Waals surface area contributed by atoms with Gasteiger partial charge in [-0.25, -0.2) is 8.42 Å². The van der Waals surface area contributed by atoms with E-state index >= 15 is 0 Å². The summed E-state index contributed by atoms with van der Waals surface area (Å²) in [7, 11) is -3.15. The fourth-order valence-electron chi connectivity index (χ4n) is 1.36. The second-order valence-corrected chi connectivity index (χ2v) is 6.41. The minimum Gasteiger partial charge on any atom is -0.393 e. The molecule has 5 heteroatoms. The quantitative estimate of drug-likeness (QED) is 0.832. The fraction of sp³-hybridized carbons (Fsp3) is 0.364. The Morgan fingerprint density at radius 3 is 2.62 bits per heavy atom. The lowest BCUT2D eigenvalue weighted by Gasteiger charge is -2.10. The maximum Gasteiger partial charge on any atom is 0.175 e. The average Bonchev–Trinajstić information content (AvgIpc) is 2.16. The molecule has 0 aromatic heterocycles. The Labute approximate surface area is 102 Å². The summed E-state index contributed by atoms with van der Waals surface area (Å²) in [6.45, 7) is 1.93. The average molecular weight is 257 g/mol. The molecule has 1 atom stereocenters. The molecule has 0 heterocycles. The van der Waals surface area contributed by atoms with Gasteiger partial charge in [0.1, 0.15) is 0 Å². The maximum atomic E-state index is 11.4. The number of sulfone groups is 1. The van der Waals surface area contributed by atoms with E-state index in [4.69, 9.17) is 18.0 Å². The van der Waals surface area contributed by atoms with Crippen molar-refractivity contribution in [3.05, 3.63) is 29.8 Å². The molecule has 1 aromatic carbocycles. The number of rotatable bonds is 4. The van der Waals surface area contributed by atoms with Crippen LogP contribution in [0.2, 0.25) is 0 Å². The van der Waals surface area contributed by atoms with Gasteiger partial charge in [-0.2, -0.15) is 0 Å². The molecule has 16 heavy (non-hydrogen) atoms. The Morgan fingerprint density at radius 1 is 1.50 bits per heavy atom. The van der Waals surface area contributed by atoms with Gasteiger partial charge in [-0.05, 0) is 24.1 Å². The van der Waals surface area contributed by atoms with E-state index in [1.54, 1.807) is 18.2 Å². The van der Waals surface area contributed by atoms with E-state index in [0.717, 1.165) is 5.56 Å². The van der Waals surface area contributed by atoms with E-state index in [1.165, 1.54) is 6.26 Å². The molecular formula is C11H15NO2S2. The first kappa shape index (κ1) is 13.1. The molecule has 0 spiro atoms. The number of nitrogens with two attached hydrogens (primary N) is 1. The molecule has 0 aliphatic heterocycles. The molecule has 0 bridgehead atoms. The van der Waals surface area contributed by atoms with Crippen LogP contribution in [0.4, 0.5) is 0 Å². The van der Waals surface area contributed by atoms with Crippen molar-refractivity contribution in [2.75, 3.05) is 6.26 Å². The van der Waals surface area contributed by atoms with Crippen LogP contribution < -0.4 is 5.73 Å². The molecular weight excluding hydrogens is 242 g/mol. The first-order valence-electron chi connectivity index (χ1n) is 4.89. The predicted octanol–water partition coefficient (Wildman–Crippen LogP) is 1.55. The molecule has 0 aliphatic carbocycles. The monoisotopic (exact) mass is 257 g/mol. The van der Waals surface area contributed by atoms with Gasteiger partial charge >= 0.3 is 0 Å². The summed E-state index contributed by atoms with van der Waals surface area (Å²) in [5, 5.41) is 0. The van der Waals surface area contributed by atoms with E-state index in [0.29, 0.717) is 16.3 Å². The van der Waals surface area contributed by atoms with Crippen LogP contribution in [0, 0.1) is 5.92 Å². The number of hydrogen-bond acceptors (Lipinski definition) is 3. The van der Waals surface area contributed by atoms with Gasteiger partial charge in [0.15, 0.2) is 9.84 Å². The smallest absolute Gasteiger partial charge is 0.175 e. The van der Waals surface area contributed by atoms with Crippen LogP contribution in [0.15, 0.2) is 29.2 Å². The van der Waals surface area contributed by atoms with Gasteiger partial charge in [0, 0.05) is 12.2 Å². The zero-order valence-corrected chi connectivity index (χ0v) is 10.9. The predicted molar refractivity (Wildman–Crippen MR) is 69.2 cm³/mol. The van der Waals surface area contributed by atoms with Gasteiger partial charge in [0.25, 0.3) is 0 Å². The second-order valence-electron chi connectivity index (χ2n) is 3.93. The summed E-state index contributed by atoms with van der Waals surface area (Å²) in [5.41, 5.74) is 6.45. The third-order valence-electron chi connectivity index (χ3n) is 2.35. The van der Waals surface area contributed by atoms with Crippen molar-refractivity contribution in [3.8, 4) is 0 Å². The summed E-state index contributed by atoms with van der Waals surface area (Å²) < 4.78 is 22.7. The molecule has 3 nitrogen and oxygen atoms in total. The largest absolute Gasteiger partial charge is 0.393 e. The van der Waals surface area contributed by atoms with Crippen molar-refractivity contribution in [2.45, 2.75) is 18.2 Å². The normalized spacial score (nSPS) is 13.4. The third-order valence-corrected chi connectivity index (χ3v) is 3.87. The first-order valence-corrected chi connectivity index (χ1v) is 7.19. The Balaban J connectivity index is 2.96. The van der Waals surface area contributed by atoms with Crippen molar-refractivity contribution < 1.29 is 8.42 Å². The van der Waals surface area contributed by atoms with Gasteiger partial charge in [-0.3, -0.25) is 0 Å². The van der Waals surface area contributed by atoms with Crippen molar-refractivity contribution in [2.24, 2.45) is 11.7 Å². The lowest BCUT2D eigenvalue weighted by atomic mass is 10.0. The Bertz CT molecular complexity index is 494. The molecule has 1 aromatic rings. The second kappa shape index (κ2) is 4.93. The molecule has 0 fully saturated rings. The van der Waals surface area contributed by atoms with Gasteiger partial charge in [0.05, 0.1) is 9.88 Å². The zero-order chi connectivity index (χ0) is 12.3. The van der Waals surface area contributed by atoms with Crippen LogP contribution in [0.25, 0.3) is 0 Å². The first-order chi connectivity index (χ1) is 7.30. The van der Waals surface area contributed by atoms with Gasteiger partial charge in [-0.1, -0.05) is 31.3 Å². The van der Waals surface area contributed by atoms with Crippen LogP contribution in [-0.2, 0) is 16.3 Å². The van der Waals surface area contributed by atoms with E-state index < -0.39 is 9.84 Å². The highest BCUT2D eigenvalue weighted by Gasteiger charge is 2.10. The van der Waals surface area contributed by atoms with Crippen molar-refractivity contribution in [3.63, 3.8) is 0 Å². The summed E-state index contributed by atoms with van der Waals surface area (Å²) in [6, 6.07) is 6.87. The van der Waals surface area contributed by atoms with Gasteiger partial charge < -0.3 is 5.73 Å². The highest BCUT2D eigenvalue weighted by molar-refractivity contribution is 7.90. The van der Waals surface area contributed by atoms with Crippen molar-refractivity contribution in [1.29, 1.82) is 0 Å². The number of hydrogen-bond donors (Lipinski definition) is 1. The van der Waals surface area contributed by atoms with E-state index in [-0.39, 0.29) is 5.92 Å². The third kappa shape index (κ3) is 3.57. The topological polar surface area (TPSA) is 60.2 Å². The maximum absolute atomic E-state index is 11.4. The van der Waals surface area contributed by atoms with Crippen LogP contribution in [0.1, 0.15) is 12.5 Å². The number of benzene rings is 1. The standard InChI is InChI=1S/C11H15NO2S2/c1-8(11(12)15)6-9-4-3-5-10(7-9)16(2,13)14/h3-5,7-8H,6H2,1-2H3,(H2,12,15). The van der Waals surface area contributed by atoms with Gasteiger partial charge in [-0.15, -0.1) is 0 Å². The molecule has 88 valence electrons. The Hall–Kier alpha value is -0.940. The van der Waals surface area contributed by atoms with Crippen LogP contribution in [-0.4, -0.2) is 19.7 Å². The van der Waals surface area contributed by atoms with Crippen LogP contribution >= 0.6 is 12.2 Å². The minimum absolute atomic E-state index is 0.0739. The Kier molecular flexibility index (Phi) is 4.04. The minimum atomic E-state index is -3.15. The van der Waals surface area contributed by atoms with Crippen LogP contribution in [0.3, 0.4) is 0 Å². The molecule has 0 radical (unpaired) electrons. The molecule has 0 saturated heterocycles. The molecule has 0 amide bonds. The molecule has 1 unspecified atom stereocenters. The molecule has 0 saturated carbocycles. The van der Waals surface area contributed by atoms with Crippen LogP contribution in [0.5, 0.6) is 0 Å². The van der Waals surface area contributed by atoms with E-state index in [9.17, 15) is 8.42 Å². The Morgan fingerprint density at radius 2 is 2.12 bits per heavy atom. The lowest BCUT2D eigenvalue weighted by molar-refractivity contribution is 0.601. The highest BCUT2D eigenvalue weighted by Crippen LogP contribution is 2.14. The van der Waals surface area contributed by atoms with Gasteiger partial charge in [0.2, 0.25) is 0 Å². The SMILES string of the molecule is CC(Cc1cccc(S(C)(=O)=O)c1)C(N)=S. The van der Waals surface area contributed by atoms with E-state index in [1.807, 2.05) is 13.0 Å².